The number of carbonyl (C=O) groups is 1. The minimum absolute atomic E-state index is 0.142. The van der Waals surface area contributed by atoms with Crippen LogP contribution in [0.4, 0.5) is 10.9 Å². The third kappa shape index (κ3) is 5.75. The van der Waals surface area contributed by atoms with E-state index < -0.39 is 0 Å². The zero-order valence-corrected chi connectivity index (χ0v) is 13.5. The summed E-state index contributed by atoms with van der Waals surface area (Å²) in [6.45, 7) is 6.63. The molecule has 6 nitrogen and oxygen atoms in total. The van der Waals surface area contributed by atoms with Gasteiger partial charge in [-0.25, -0.2) is 4.98 Å². The Balaban J connectivity index is 2.47. The van der Waals surface area contributed by atoms with E-state index in [1.807, 2.05) is 14.1 Å². The van der Waals surface area contributed by atoms with E-state index in [1.54, 1.807) is 0 Å². The van der Waals surface area contributed by atoms with Crippen LogP contribution in [-0.2, 0) is 0 Å². The van der Waals surface area contributed by atoms with Crippen LogP contribution in [0.3, 0.4) is 0 Å². The fourth-order valence-corrected chi connectivity index (χ4v) is 2.35. The van der Waals surface area contributed by atoms with Gasteiger partial charge in [0, 0.05) is 13.1 Å². The number of nitrogens with two attached hydrogens (primary N) is 1. The summed E-state index contributed by atoms with van der Waals surface area (Å²) in [4.78, 5) is 18.7. The Kier molecular flexibility index (Phi) is 6.74. The maximum absolute atomic E-state index is 12.0. The summed E-state index contributed by atoms with van der Waals surface area (Å²) >= 11 is 1.30. The number of aromatic nitrogens is 1. The second-order valence-corrected chi connectivity index (χ2v) is 6.42. The molecule has 1 rings (SSSR count). The first-order chi connectivity index (χ1) is 9.40. The van der Waals surface area contributed by atoms with Crippen LogP contribution in [0.1, 0.15) is 29.9 Å². The summed E-state index contributed by atoms with van der Waals surface area (Å²) in [5.74, 6) is 0.672. The van der Waals surface area contributed by atoms with Gasteiger partial charge in [0.25, 0.3) is 5.91 Å². The van der Waals surface area contributed by atoms with Crippen LogP contribution in [0.5, 0.6) is 0 Å². The first-order valence-electron chi connectivity index (χ1n) is 6.83. The van der Waals surface area contributed by atoms with Crippen molar-refractivity contribution in [3.05, 3.63) is 4.88 Å². The van der Waals surface area contributed by atoms with E-state index in [1.165, 1.54) is 11.3 Å². The number of nitrogen functional groups attached to an aromatic ring is 1. The van der Waals surface area contributed by atoms with E-state index in [4.69, 9.17) is 5.73 Å². The maximum Gasteiger partial charge on any atom is 0.265 e. The summed E-state index contributed by atoms with van der Waals surface area (Å²) in [7, 11) is 4.02. The van der Waals surface area contributed by atoms with Crippen LogP contribution in [0, 0.1) is 5.92 Å². The Morgan fingerprint density at radius 1 is 1.45 bits per heavy atom. The van der Waals surface area contributed by atoms with Crippen LogP contribution < -0.4 is 16.4 Å². The molecule has 1 aromatic rings. The van der Waals surface area contributed by atoms with Gasteiger partial charge in [0.2, 0.25) is 0 Å². The lowest BCUT2D eigenvalue weighted by Gasteiger charge is -2.09. The van der Waals surface area contributed by atoms with E-state index in [0.717, 1.165) is 19.5 Å². The normalized spacial score (nSPS) is 11.1. The van der Waals surface area contributed by atoms with Gasteiger partial charge in [-0.3, -0.25) is 4.79 Å². The molecule has 0 aliphatic carbocycles. The van der Waals surface area contributed by atoms with Gasteiger partial charge in [-0.05, 0) is 33.0 Å². The standard InChI is InChI=1S/C13H25N5OS/c1-9(2)8-16-13-17-11(14)10(20-13)12(19)15-6-5-7-18(3)4/h9H,5-8,14H2,1-4H3,(H,15,19)(H,16,17). The molecule has 4 N–H and O–H groups in total. The van der Waals surface area contributed by atoms with E-state index >= 15 is 0 Å². The fourth-order valence-electron chi connectivity index (χ4n) is 1.54. The molecule has 0 aliphatic heterocycles. The highest BCUT2D eigenvalue weighted by atomic mass is 32.1. The molecule has 7 heteroatoms. The number of nitrogens with zero attached hydrogens (tertiary/aromatic N) is 2. The topological polar surface area (TPSA) is 83.3 Å². The second-order valence-electron chi connectivity index (χ2n) is 5.42. The van der Waals surface area contributed by atoms with Gasteiger partial charge < -0.3 is 21.3 Å². The Morgan fingerprint density at radius 3 is 2.75 bits per heavy atom. The molecule has 0 bridgehead atoms. The number of thiazole rings is 1. The molecule has 1 heterocycles. The van der Waals surface area contributed by atoms with Gasteiger partial charge in [-0.2, -0.15) is 0 Å². The lowest BCUT2D eigenvalue weighted by molar-refractivity contribution is 0.0957. The van der Waals surface area contributed by atoms with Crippen molar-refractivity contribution < 1.29 is 4.79 Å². The first kappa shape index (κ1) is 16.7. The molecule has 1 amide bonds. The number of nitrogens with one attached hydrogen (secondary N) is 2. The lowest BCUT2D eigenvalue weighted by atomic mass is 10.2. The Labute approximate surface area is 124 Å². The van der Waals surface area contributed by atoms with Crippen molar-refractivity contribution in [2.75, 3.05) is 44.8 Å². The number of hydrogen-bond donors (Lipinski definition) is 3. The Morgan fingerprint density at radius 2 is 2.15 bits per heavy atom. The number of carbonyl (C=O) groups excluding carboxylic acids is 1. The minimum Gasteiger partial charge on any atom is -0.382 e. The van der Waals surface area contributed by atoms with E-state index in [2.05, 4.69) is 34.4 Å². The van der Waals surface area contributed by atoms with Gasteiger partial charge in [-0.15, -0.1) is 0 Å². The highest BCUT2D eigenvalue weighted by Gasteiger charge is 2.15. The fraction of sp³-hybridized carbons (Fsp3) is 0.692. The van der Waals surface area contributed by atoms with Crippen LogP contribution in [0.25, 0.3) is 0 Å². The van der Waals surface area contributed by atoms with E-state index in [0.29, 0.717) is 28.3 Å². The van der Waals surface area contributed by atoms with Crippen LogP contribution in [0.15, 0.2) is 0 Å². The van der Waals surface area contributed by atoms with Crippen LogP contribution in [0.2, 0.25) is 0 Å². The molecule has 0 spiro atoms. The van der Waals surface area contributed by atoms with Crippen LogP contribution >= 0.6 is 11.3 Å². The molecule has 0 saturated carbocycles. The zero-order chi connectivity index (χ0) is 15.1. The molecular weight excluding hydrogens is 274 g/mol. The number of anilines is 2. The molecule has 0 saturated heterocycles. The smallest absolute Gasteiger partial charge is 0.265 e. The zero-order valence-electron chi connectivity index (χ0n) is 12.7. The van der Waals surface area contributed by atoms with Gasteiger partial charge in [0.1, 0.15) is 10.7 Å². The van der Waals surface area contributed by atoms with Gasteiger partial charge >= 0.3 is 0 Å². The molecule has 0 unspecified atom stereocenters. The quantitative estimate of drug-likeness (QED) is 0.633. The van der Waals surface area contributed by atoms with Crippen molar-refractivity contribution in [2.45, 2.75) is 20.3 Å². The van der Waals surface area contributed by atoms with Crippen molar-refractivity contribution in [2.24, 2.45) is 5.92 Å². The maximum atomic E-state index is 12.0. The molecule has 114 valence electrons. The van der Waals surface area contributed by atoms with Crippen molar-refractivity contribution in [3.8, 4) is 0 Å². The molecule has 0 aromatic carbocycles. The molecule has 0 aliphatic rings. The number of hydrogen-bond acceptors (Lipinski definition) is 6. The van der Waals surface area contributed by atoms with E-state index in [-0.39, 0.29) is 5.91 Å². The third-order valence-electron chi connectivity index (χ3n) is 2.59. The highest BCUT2D eigenvalue weighted by molar-refractivity contribution is 7.18. The average Bonchev–Trinajstić information content (AvgIpc) is 2.73. The SMILES string of the molecule is CC(C)CNc1nc(N)c(C(=O)NCCCN(C)C)s1. The lowest BCUT2D eigenvalue weighted by Crippen LogP contribution is -2.27. The van der Waals surface area contributed by atoms with Crippen LogP contribution in [-0.4, -0.2) is 49.5 Å². The summed E-state index contributed by atoms with van der Waals surface area (Å²) in [5, 5.41) is 6.76. The Hall–Kier alpha value is -1.34. The van der Waals surface area contributed by atoms with Gasteiger partial charge in [0.15, 0.2) is 5.13 Å². The highest BCUT2D eigenvalue weighted by Crippen LogP contribution is 2.24. The van der Waals surface area contributed by atoms with Gasteiger partial charge in [0.05, 0.1) is 0 Å². The largest absolute Gasteiger partial charge is 0.382 e. The second kappa shape index (κ2) is 8.06. The monoisotopic (exact) mass is 299 g/mol. The average molecular weight is 299 g/mol. The van der Waals surface area contributed by atoms with Crippen molar-refractivity contribution in [3.63, 3.8) is 0 Å². The Bertz CT molecular complexity index is 430. The third-order valence-corrected chi connectivity index (χ3v) is 3.62. The van der Waals surface area contributed by atoms with Crippen molar-refractivity contribution >= 4 is 28.2 Å². The summed E-state index contributed by atoms with van der Waals surface area (Å²) in [5.41, 5.74) is 5.79. The molecule has 1 aromatic heterocycles. The minimum atomic E-state index is -0.142. The summed E-state index contributed by atoms with van der Waals surface area (Å²) < 4.78 is 0. The molecule has 20 heavy (non-hydrogen) atoms. The first-order valence-corrected chi connectivity index (χ1v) is 7.65. The van der Waals surface area contributed by atoms with E-state index in [9.17, 15) is 4.79 Å². The molecule has 0 atom stereocenters. The number of rotatable bonds is 8. The molecular formula is C13H25N5OS. The molecule has 0 radical (unpaired) electrons. The van der Waals surface area contributed by atoms with Crippen molar-refractivity contribution in [1.82, 2.24) is 15.2 Å². The molecule has 0 fully saturated rings. The van der Waals surface area contributed by atoms with Crippen molar-refractivity contribution in [1.29, 1.82) is 0 Å². The summed E-state index contributed by atoms with van der Waals surface area (Å²) in [6, 6.07) is 0. The predicted octanol–water partition coefficient (Wildman–Crippen LogP) is 1.47. The summed E-state index contributed by atoms with van der Waals surface area (Å²) in [6.07, 6.45) is 0.913. The predicted molar refractivity (Wildman–Crippen MR) is 85.4 cm³/mol. The van der Waals surface area contributed by atoms with Gasteiger partial charge in [-0.1, -0.05) is 25.2 Å². The number of amides is 1.